The van der Waals surface area contributed by atoms with Crippen molar-refractivity contribution in [1.29, 1.82) is 5.26 Å². The molecular weight excluding hydrogens is 264 g/mol. The van der Waals surface area contributed by atoms with Crippen LogP contribution < -0.4 is 0 Å². The zero-order chi connectivity index (χ0) is 15.5. The molecule has 1 aliphatic carbocycles. The maximum Gasteiger partial charge on any atom is 0.264 e. The molecule has 1 aliphatic heterocycles. The Bertz CT molecular complexity index is 452. The van der Waals surface area contributed by atoms with Gasteiger partial charge in [0.15, 0.2) is 0 Å². The largest absolute Gasteiger partial charge is 0.378 e. The van der Waals surface area contributed by atoms with Crippen LogP contribution in [0.2, 0.25) is 0 Å². The van der Waals surface area contributed by atoms with Gasteiger partial charge in [0.1, 0.15) is 11.6 Å². The van der Waals surface area contributed by atoms with E-state index in [4.69, 9.17) is 4.74 Å². The fourth-order valence-electron chi connectivity index (χ4n) is 3.28. The number of morpholine rings is 1. The summed E-state index contributed by atoms with van der Waals surface area (Å²) in [5, 5.41) is 9.42. The molecule has 1 heterocycles. The van der Waals surface area contributed by atoms with E-state index < -0.39 is 0 Å². The molecule has 2 fully saturated rings. The summed E-state index contributed by atoms with van der Waals surface area (Å²) in [6.45, 7) is 9.17. The fourth-order valence-corrected chi connectivity index (χ4v) is 3.28. The highest BCUT2D eigenvalue weighted by Gasteiger charge is 2.30. The van der Waals surface area contributed by atoms with Gasteiger partial charge in [0.25, 0.3) is 5.91 Å². The van der Waals surface area contributed by atoms with Crippen molar-refractivity contribution in [3.05, 3.63) is 11.1 Å². The highest BCUT2D eigenvalue weighted by Crippen LogP contribution is 2.40. The van der Waals surface area contributed by atoms with Gasteiger partial charge in [0, 0.05) is 13.1 Å². The molecule has 1 amide bonds. The fraction of sp³-hybridized carbons (Fsp3) is 0.765. The molecule has 0 aromatic heterocycles. The van der Waals surface area contributed by atoms with Gasteiger partial charge in [-0.3, -0.25) is 4.79 Å². The zero-order valence-electron chi connectivity index (χ0n) is 13.4. The van der Waals surface area contributed by atoms with E-state index in [-0.39, 0.29) is 5.91 Å². The minimum atomic E-state index is -0.0926. The van der Waals surface area contributed by atoms with Gasteiger partial charge in [0.05, 0.1) is 13.2 Å². The Hall–Kier alpha value is -1.34. The Morgan fingerprint density at radius 2 is 1.81 bits per heavy atom. The van der Waals surface area contributed by atoms with Crippen LogP contribution in [0, 0.1) is 22.7 Å². The van der Waals surface area contributed by atoms with E-state index >= 15 is 0 Å². The number of hydrogen-bond donors (Lipinski definition) is 0. The molecule has 116 valence electrons. The lowest BCUT2D eigenvalue weighted by Crippen LogP contribution is -2.41. The van der Waals surface area contributed by atoms with Crippen molar-refractivity contribution in [1.82, 2.24) is 4.90 Å². The van der Waals surface area contributed by atoms with Crippen LogP contribution in [-0.2, 0) is 9.53 Å². The smallest absolute Gasteiger partial charge is 0.264 e. The Kier molecular flexibility index (Phi) is 5.05. The summed E-state index contributed by atoms with van der Waals surface area (Å²) in [6.07, 6.45) is 3.95. The lowest BCUT2D eigenvalue weighted by molar-refractivity contribution is -0.130. The first kappa shape index (κ1) is 16.0. The van der Waals surface area contributed by atoms with Gasteiger partial charge < -0.3 is 9.64 Å². The third-order valence-electron chi connectivity index (χ3n) is 4.79. The summed E-state index contributed by atoms with van der Waals surface area (Å²) in [6, 6.07) is 2.17. The predicted molar refractivity (Wildman–Crippen MR) is 81.5 cm³/mol. The second-order valence-corrected chi connectivity index (χ2v) is 7.14. The molecule has 0 spiro atoms. The van der Waals surface area contributed by atoms with E-state index in [0.717, 1.165) is 31.3 Å². The zero-order valence-corrected chi connectivity index (χ0v) is 13.4. The quantitative estimate of drug-likeness (QED) is 0.551. The van der Waals surface area contributed by atoms with Crippen LogP contribution in [0.1, 0.15) is 46.5 Å². The normalized spacial score (nSPS) is 23.6. The minimum absolute atomic E-state index is 0.0926. The average molecular weight is 290 g/mol. The molecule has 0 radical (unpaired) electrons. The van der Waals surface area contributed by atoms with Crippen LogP contribution in [0.3, 0.4) is 0 Å². The van der Waals surface area contributed by atoms with E-state index in [1.165, 1.54) is 0 Å². The number of hydrogen-bond acceptors (Lipinski definition) is 3. The van der Waals surface area contributed by atoms with E-state index in [1.54, 1.807) is 4.90 Å². The Morgan fingerprint density at radius 1 is 1.24 bits per heavy atom. The highest BCUT2D eigenvalue weighted by molar-refractivity contribution is 5.98. The van der Waals surface area contributed by atoms with Crippen LogP contribution in [-0.4, -0.2) is 37.1 Å². The molecule has 21 heavy (non-hydrogen) atoms. The van der Waals surface area contributed by atoms with Crippen LogP contribution in [0.5, 0.6) is 0 Å². The molecule has 4 nitrogen and oxygen atoms in total. The van der Waals surface area contributed by atoms with E-state index in [1.807, 2.05) is 0 Å². The summed E-state index contributed by atoms with van der Waals surface area (Å²) >= 11 is 0. The van der Waals surface area contributed by atoms with Gasteiger partial charge in [0.2, 0.25) is 0 Å². The molecule has 1 saturated carbocycles. The summed E-state index contributed by atoms with van der Waals surface area (Å²) in [5.74, 6) is 0.588. The number of amides is 1. The number of ether oxygens (including phenoxy) is 1. The number of nitriles is 1. The first-order valence-corrected chi connectivity index (χ1v) is 7.92. The van der Waals surface area contributed by atoms with Crippen molar-refractivity contribution in [3.8, 4) is 6.07 Å². The minimum Gasteiger partial charge on any atom is -0.378 e. The monoisotopic (exact) mass is 290 g/mol. The lowest BCUT2D eigenvalue weighted by Gasteiger charge is -2.35. The van der Waals surface area contributed by atoms with Gasteiger partial charge in [-0.15, -0.1) is 0 Å². The number of carbonyl (C=O) groups is 1. The van der Waals surface area contributed by atoms with Gasteiger partial charge in [-0.25, -0.2) is 0 Å². The second-order valence-electron chi connectivity index (χ2n) is 7.14. The average Bonchev–Trinajstić information content (AvgIpc) is 2.48. The first-order chi connectivity index (χ1) is 9.93. The van der Waals surface area contributed by atoms with Gasteiger partial charge >= 0.3 is 0 Å². The molecule has 0 bridgehead atoms. The Morgan fingerprint density at radius 3 is 2.29 bits per heavy atom. The topological polar surface area (TPSA) is 53.3 Å². The highest BCUT2D eigenvalue weighted by atomic mass is 16.5. The molecule has 0 atom stereocenters. The van der Waals surface area contributed by atoms with Crippen molar-refractivity contribution >= 4 is 5.91 Å². The van der Waals surface area contributed by atoms with Crippen LogP contribution >= 0.6 is 0 Å². The number of carbonyl (C=O) groups excluding carboxylic acids is 1. The van der Waals surface area contributed by atoms with Gasteiger partial charge in [-0.2, -0.15) is 5.26 Å². The SMILES string of the molecule is CC(C)(C)C1CCC(=C(C#N)C(=O)N2CCOCC2)CC1. The number of rotatable bonds is 1. The molecule has 0 N–H and O–H groups in total. The molecule has 2 aliphatic rings. The molecule has 1 saturated heterocycles. The van der Waals surface area contributed by atoms with E-state index in [2.05, 4.69) is 26.8 Å². The van der Waals surface area contributed by atoms with Crippen molar-refractivity contribution < 1.29 is 9.53 Å². The molecular formula is C17H26N2O2. The maximum absolute atomic E-state index is 12.5. The molecule has 0 aromatic carbocycles. The third-order valence-corrected chi connectivity index (χ3v) is 4.79. The standard InChI is InChI=1S/C17H26N2O2/c1-17(2,3)14-6-4-13(5-7-14)15(12-18)16(20)19-8-10-21-11-9-19/h14H,4-11H2,1-3H3. The Balaban J connectivity index is 2.07. The van der Waals surface area contributed by atoms with Gasteiger partial charge in [-0.1, -0.05) is 20.8 Å². The van der Waals surface area contributed by atoms with E-state index in [0.29, 0.717) is 43.2 Å². The molecule has 0 aromatic rings. The summed E-state index contributed by atoms with van der Waals surface area (Å²) in [4.78, 5) is 14.3. The summed E-state index contributed by atoms with van der Waals surface area (Å²) in [7, 11) is 0. The van der Waals surface area contributed by atoms with Crippen molar-refractivity contribution in [2.24, 2.45) is 11.3 Å². The third kappa shape index (κ3) is 3.85. The van der Waals surface area contributed by atoms with Crippen molar-refractivity contribution in [2.75, 3.05) is 26.3 Å². The van der Waals surface area contributed by atoms with Crippen molar-refractivity contribution in [2.45, 2.75) is 46.5 Å². The molecule has 4 heteroatoms. The molecule has 2 rings (SSSR count). The predicted octanol–water partition coefficient (Wildman–Crippen LogP) is 2.90. The van der Waals surface area contributed by atoms with E-state index in [9.17, 15) is 10.1 Å². The lowest BCUT2D eigenvalue weighted by atomic mass is 9.71. The molecule has 0 unspecified atom stereocenters. The summed E-state index contributed by atoms with van der Waals surface area (Å²) in [5.41, 5.74) is 1.77. The van der Waals surface area contributed by atoms with Crippen LogP contribution in [0.25, 0.3) is 0 Å². The number of allylic oxidation sites excluding steroid dienone is 1. The van der Waals surface area contributed by atoms with Crippen LogP contribution in [0.15, 0.2) is 11.1 Å². The number of nitrogens with zero attached hydrogens (tertiary/aromatic N) is 2. The summed E-state index contributed by atoms with van der Waals surface area (Å²) < 4.78 is 5.27. The Labute approximate surface area is 127 Å². The van der Waals surface area contributed by atoms with Crippen molar-refractivity contribution in [3.63, 3.8) is 0 Å². The maximum atomic E-state index is 12.5. The van der Waals surface area contributed by atoms with Crippen LogP contribution in [0.4, 0.5) is 0 Å². The first-order valence-electron chi connectivity index (χ1n) is 7.92. The second kappa shape index (κ2) is 6.62. The van der Waals surface area contributed by atoms with Gasteiger partial charge in [-0.05, 0) is 42.6 Å².